The van der Waals surface area contributed by atoms with E-state index in [1.165, 1.54) is 17.0 Å². The van der Waals surface area contributed by atoms with E-state index in [4.69, 9.17) is 0 Å². The number of ketones is 1. The lowest BCUT2D eigenvalue weighted by atomic mass is 9.91. The van der Waals surface area contributed by atoms with Gasteiger partial charge in [0.2, 0.25) is 5.91 Å². The van der Waals surface area contributed by atoms with E-state index in [1.54, 1.807) is 6.92 Å². The van der Waals surface area contributed by atoms with Gasteiger partial charge in [-0.1, -0.05) is 13.0 Å². The van der Waals surface area contributed by atoms with E-state index in [-0.39, 0.29) is 17.9 Å². The molecule has 1 atom stereocenters. The fourth-order valence-corrected chi connectivity index (χ4v) is 2.36. The molecule has 1 fully saturated rings. The Hall–Kier alpha value is -1.78. The summed E-state index contributed by atoms with van der Waals surface area (Å²) in [6.45, 7) is 2.00. The molecule has 1 aromatic carbocycles. The van der Waals surface area contributed by atoms with Gasteiger partial charge >= 0.3 is 0 Å². The van der Waals surface area contributed by atoms with Gasteiger partial charge in [0.1, 0.15) is 5.78 Å². The molecule has 0 N–H and O–H groups in total. The number of rotatable bonds is 3. The van der Waals surface area contributed by atoms with Crippen LogP contribution in [-0.2, 0) is 9.59 Å². The highest BCUT2D eigenvalue weighted by molar-refractivity contribution is 6.08. The van der Waals surface area contributed by atoms with E-state index in [0.717, 1.165) is 6.07 Å². The highest BCUT2D eigenvalue weighted by atomic mass is 19.2. The molecule has 1 amide bonds. The van der Waals surface area contributed by atoms with E-state index in [9.17, 15) is 18.4 Å². The summed E-state index contributed by atoms with van der Waals surface area (Å²) in [4.78, 5) is 25.1. The zero-order valence-corrected chi connectivity index (χ0v) is 10.7. The fraction of sp³-hybridized carbons (Fsp3) is 0.429. The number of Topliss-reactive ketones (excluding diaryl/α,β-unsaturated/α-hetero) is 1. The highest BCUT2D eigenvalue weighted by Gasteiger charge is 2.34. The molecule has 0 bridgehead atoms. The Labute approximate surface area is 110 Å². The second kappa shape index (κ2) is 5.47. The molecule has 1 heterocycles. The minimum atomic E-state index is -1.04. The molecule has 102 valence electrons. The lowest BCUT2D eigenvalue weighted by Gasteiger charge is -2.31. The van der Waals surface area contributed by atoms with Crippen molar-refractivity contribution in [1.82, 2.24) is 0 Å². The summed E-state index contributed by atoms with van der Waals surface area (Å²) < 4.78 is 26.9. The SMILES string of the molecule is CCC(=O)[C@@H]1CCCN(c2cccc(F)c2F)C1=O. The van der Waals surface area contributed by atoms with Crippen molar-refractivity contribution in [1.29, 1.82) is 0 Å². The van der Waals surface area contributed by atoms with Crippen LogP contribution in [0.2, 0.25) is 0 Å². The van der Waals surface area contributed by atoms with Crippen molar-refractivity contribution < 1.29 is 18.4 Å². The molecule has 5 heteroatoms. The summed E-state index contributed by atoms with van der Waals surface area (Å²) in [6.07, 6.45) is 1.37. The Balaban J connectivity index is 2.32. The van der Waals surface area contributed by atoms with Crippen LogP contribution in [0, 0.1) is 17.6 Å². The molecule has 1 aliphatic heterocycles. The predicted octanol–water partition coefficient (Wildman–Crippen LogP) is 2.69. The number of carbonyl (C=O) groups excluding carboxylic acids is 2. The van der Waals surface area contributed by atoms with Crippen LogP contribution in [0.25, 0.3) is 0 Å². The van der Waals surface area contributed by atoms with Gasteiger partial charge in [0, 0.05) is 13.0 Å². The molecule has 0 aliphatic carbocycles. The zero-order chi connectivity index (χ0) is 14.0. The maximum atomic E-state index is 13.7. The van der Waals surface area contributed by atoms with Gasteiger partial charge in [-0.25, -0.2) is 8.78 Å². The number of piperidine rings is 1. The maximum Gasteiger partial charge on any atom is 0.237 e. The molecule has 2 rings (SSSR count). The molecule has 0 unspecified atom stereocenters. The van der Waals surface area contributed by atoms with Crippen molar-refractivity contribution in [3.63, 3.8) is 0 Å². The van der Waals surface area contributed by atoms with Crippen LogP contribution >= 0.6 is 0 Å². The van der Waals surface area contributed by atoms with E-state index in [1.807, 2.05) is 0 Å². The standard InChI is InChI=1S/C14H15F2NO2/c1-2-12(18)9-5-4-8-17(14(9)19)11-7-3-6-10(15)13(11)16/h3,6-7,9H,2,4-5,8H2,1H3/t9-/m0/s1. The van der Waals surface area contributed by atoms with Crippen molar-refractivity contribution in [2.45, 2.75) is 26.2 Å². The number of hydrogen-bond acceptors (Lipinski definition) is 2. The van der Waals surface area contributed by atoms with Gasteiger partial charge in [-0.05, 0) is 25.0 Å². The van der Waals surface area contributed by atoms with Crippen LogP contribution in [0.1, 0.15) is 26.2 Å². The van der Waals surface area contributed by atoms with Crippen LogP contribution in [0.4, 0.5) is 14.5 Å². The first-order valence-electron chi connectivity index (χ1n) is 6.34. The summed E-state index contributed by atoms with van der Waals surface area (Å²) >= 11 is 0. The molecule has 0 radical (unpaired) electrons. The molecule has 0 aromatic heterocycles. The van der Waals surface area contributed by atoms with Gasteiger partial charge in [-0.15, -0.1) is 0 Å². The zero-order valence-electron chi connectivity index (χ0n) is 10.7. The van der Waals surface area contributed by atoms with Gasteiger partial charge in [0.05, 0.1) is 11.6 Å². The summed E-state index contributed by atoms with van der Waals surface area (Å²) in [5.41, 5.74) is -0.0846. The summed E-state index contributed by atoms with van der Waals surface area (Å²) in [7, 11) is 0. The normalized spacial score (nSPS) is 19.6. The van der Waals surface area contributed by atoms with Crippen LogP contribution in [0.3, 0.4) is 0 Å². The van der Waals surface area contributed by atoms with Gasteiger partial charge in [0.15, 0.2) is 11.6 Å². The number of nitrogens with zero attached hydrogens (tertiary/aromatic N) is 1. The van der Waals surface area contributed by atoms with E-state index in [2.05, 4.69) is 0 Å². The number of hydrogen-bond donors (Lipinski definition) is 0. The Kier molecular flexibility index (Phi) is 3.93. The summed E-state index contributed by atoms with van der Waals surface area (Å²) in [5.74, 6) is -3.33. The van der Waals surface area contributed by atoms with Crippen molar-refractivity contribution in [2.75, 3.05) is 11.4 Å². The molecular formula is C14H15F2NO2. The number of halogens is 2. The van der Waals surface area contributed by atoms with Gasteiger partial charge in [-0.3, -0.25) is 9.59 Å². The van der Waals surface area contributed by atoms with Crippen molar-refractivity contribution >= 4 is 17.4 Å². The highest BCUT2D eigenvalue weighted by Crippen LogP contribution is 2.28. The number of anilines is 1. The topological polar surface area (TPSA) is 37.4 Å². The van der Waals surface area contributed by atoms with E-state index in [0.29, 0.717) is 19.4 Å². The fourth-order valence-electron chi connectivity index (χ4n) is 2.36. The first-order chi connectivity index (χ1) is 9.06. The van der Waals surface area contributed by atoms with E-state index < -0.39 is 23.5 Å². The molecule has 19 heavy (non-hydrogen) atoms. The summed E-state index contributed by atoms with van der Waals surface area (Å²) in [6, 6.07) is 3.71. The minimum Gasteiger partial charge on any atom is -0.309 e. The third kappa shape index (κ3) is 2.50. The molecular weight excluding hydrogens is 252 g/mol. The Morgan fingerprint density at radius 2 is 2.16 bits per heavy atom. The van der Waals surface area contributed by atoms with Crippen LogP contribution in [0.15, 0.2) is 18.2 Å². The molecule has 1 saturated heterocycles. The Morgan fingerprint density at radius 1 is 1.42 bits per heavy atom. The number of benzene rings is 1. The third-order valence-electron chi connectivity index (χ3n) is 3.40. The summed E-state index contributed by atoms with van der Waals surface area (Å²) in [5, 5.41) is 0. The average Bonchev–Trinajstić information content (AvgIpc) is 2.42. The second-order valence-corrected chi connectivity index (χ2v) is 4.58. The van der Waals surface area contributed by atoms with Gasteiger partial charge in [0.25, 0.3) is 0 Å². The molecule has 1 aromatic rings. The van der Waals surface area contributed by atoms with Crippen molar-refractivity contribution in [3.05, 3.63) is 29.8 Å². The molecule has 0 spiro atoms. The molecule has 0 saturated carbocycles. The van der Waals surface area contributed by atoms with Gasteiger partial charge < -0.3 is 4.90 Å². The molecule has 1 aliphatic rings. The lowest BCUT2D eigenvalue weighted by molar-refractivity contribution is -0.133. The van der Waals surface area contributed by atoms with Crippen LogP contribution in [-0.4, -0.2) is 18.2 Å². The molecule has 3 nitrogen and oxygen atoms in total. The second-order valence-electron chi connectivity index (χ2n) is 4.58. The Bertz CT molecular complexity index is 516. The lowest BCUT2D eigenvalue weighted by Crippen LogP contribution is -2.44. The minimum absolute atomic E-state index is 0.0846. The van der Waals surface area contributed by atoms with Crippen LogP contribution < -0.4 is 4.90 Å². The smallest absolute Gasteiger partial charge is 0.237 e. The predicted molar refractivity (Wildman–Crippen MR) is 66.7 cm³/mol. The Morgan fingerprint density at radius 3 is 2.84 bits per heavy atom. The van der Waals surface area contributed by atoms with Gasteiger partial charge in [-0.2, -0.15) is 0 Å². The average molecular weight is 267 g/mol. The third-order valence-corrected chi connectivity index (χ3v) is 3.40. The number of carbonyl (C=O) groups is 2. The number of amides is 1. The quantitative estimate of drug-likeness (QED) is 0.790. The van der Waals surface area contributed by atoms with E-state index >= 15 is 0 Å². The van der Waals surface area contributed by atoms with Crippen LogP contribution in [0.5, 0.6) is 0 Å². The first kappa shape index (κ1) is 13.6. The van der Waals surface area contributed by atoms with Crippen molar-refractivity contribution in [3.8, 4) is 0 Å². The van der Waals surface area contributed by atoms with Crippen molar-refractivity contribution in [2.24, 2.45) is 5.92 Å². The largest absolute Gasteiger partial charge is 0.309 e. The monoisotopic (exact) mass is 267 g/mol. The maximum absolute atomic E-state index is 13.7. The first-order valence-corrected chi connectivity index (χ1v) is 6.34.